The van der Waals surface area contributed by atoms with Gasteiger partial charge in [-0.25, -0.2) is 5.48 Å². The van der Waals surface area contributed by atoms with Crippen molar-refractivity contribution in [3.05, 3.63) is 0 Å². The first-order chi connectivity index (χ1) is 5.72. The van der Waals surface area contributed by atoms with Gasteiger partial charge in [0.05, 0.1) is 6.10 Å². The van der Waals surface area contributed by atoms with E-state index in [4.69, 9.17) is 4.84 Å². The van der Waals surface area contributed by atoms with Crippen LogP contribution in [0.3, 0.4) is 0 Å². The molecule has 4 nitrogen and oxygen atoms in total. The highest BCUT2D eigenvalue weighted by atomic mass is 16.7. The molecular formula is C8H16N2O2. The van der Waals surface area contributed by atoms with Gasteiger partial charge >= 0.3 is 0 Å². The lowest BCUT2D eigenvalue weighted by atomic mass is 10.2. The second kappa shape index (κ2) is 4.42. The zero-order chi connectivity index (χ0) is 8.97. The van der Waals surface area contributed by atoms with Crippen LogP contribution in [0.5, 0.6) is 0 Å². The van der Waals surface area contributed by atoms with Gasteiger partial charge in [0.25, 0.3) is 0 Å². The van der Waals surface area contributed by atoms with Crippen LogP contribution in [0, 0.1) is 0 Å². The normalized spacial score (nSPS) is 28.8. The maximum atomic E-state index is 10.5. The Bertz CT molecular complexity index is 161. The number of hydrogen-bond acceptors (Lipinski definition) is 3. The lowest BCUT2D eigenvalue weighted by Gasteiger charge is -2.11. The molecular weight excluding hydrogens is 156 g/mol. The number of hydrogen-bond donors (Lipinski definition) is 2. The molecule has 0 aliphatic heterocycles. The van der Waals surface area contributed by atoms with Gasteiger partial charge in [-0.15, -0.1) is 0 Å². The van der Waals surface area contributed by atoms with E-state index in [2.05, 4.69) is 10.8 Å². The molecule has 0 aromatic carbocycles. The van der Waals surface area contributed by atoms with E-state index in [-0.39, 0.29) is 12.0 Å². The van der Waals surface area contributed by atoms with Crippen LogP contribution in [0.4, 0.5) is 0 Å². The molecule has 0 saturated heterocycles. The number of rotatable bonds is 3. The van der Waals surface area contributed by atoms with Crippen LogP contribution >= 0.6 is 0 Å². The SMILES string of the molecule is CNC1CCC(ONC(C)=O)C1. The summed E-state index contributed by atoms with van der Waals surface area (Å²) in [4.78, 5) is 15.7. The van der Waals surface area contributed by atoms with E-state index in [1.165, 1.54) is 6.92 Å². The Labute approximate surface area is 72.6 Å². The van der Waals surface area contributed by atoms with Crippen LogP contribution in [0.25, 0.3) is 0 Å². The molecule has 4 heteroatoms. The highest BCUT2D eigenvalue weighted by Gasteiger charge is 2.24. The zero-order valence-electron chi connectivity index (χ0n) is 7.59. The zero-order valence-corrected chi connectivity index (χ0v) is 7.59. The van der Waals surface area contributed by atoms with Gasteiger partial charge in [-0.2, -0.15) is 0 Å². The summed E-state index contributed by atoms with van der Waals surface area (Å²) in [5.74, 6) is -0.136. The Balaban J connectivity index is 2.15. The second-order valence-corrected chi connectivity index (χ2v) is 3.20. The predicted molar refractivity (Wildman–Crippen MR) is 45.4 cm³/mol. The number of nitrogens with one attached hydrogen (secondary N) is 2. The largest absolute Gasteiger partial charge is 0.317 e. The van der Waals surface area contributed by atoms with Gasteiger partial charge in [-0.3, -0.25) is 9.63 Å². The molecule has 2 atom stereocenters. The van der Waals surface area contributed by atoms with E-state index >= 15 is 0 Å². The third kappa shape index (κ3) is 2.79. The predicted octanol–water partition coefficient (Wildman–Crippen LogP) is 0.195. The van der Waals surface area contributed by atoms with Gasteiger partial charge in [0.2, 0.25) is 5.91 Å². The van der Waals surface area contributed by atoms with Gasteiger partial charge in [0, 0.05) is 13.0 Å². The topological polar surface area (TPSA) is 50.4 Å². The first-order valence-corrected chi connectivity index (χ1v) is 4.32. The first kappa shape index (κ1) is 9.48. The van der Waals surface area contributed by atoms with E-state index in [0.717, 1.165) is 19.3 Å². The summed E-state index contributed by atoms with van der Waals surface area (Å²) < 4.78 is 0. The maximum Gasteiger partial charge on any atom is 0.240 e. The molecule has 1 amide bonds. The fraction of sp³-hybridized carbons (Fsp3) is 0.875. The van der Waals surface area contributed by atoms with Crippen molar-refractivity contribution < 1.29 is 9.63 Å². The molecule has 0 heterocycles. The number of hydroxylamine groups is 1. The molecule has 0 radical (unpaired) electrons. The molecule has 0 aromatic heterocycles. The molecule has 70 valence electrons. The lowest BCUT2D eigenvalue weighted by molar-refractivity contribution is -0.135. The van der Waals surface area contributed by atoms with Crippen LogP contribution in [-0.2, 0) is 9.63 Å². The Morgan fingerprint density at radius 1 is 1.50 bits per heavy atom. The molecule has 0 aromatic rings. The molecule has 0 bridgehead atoms. The van der Waals surface area contributed by atoms with Crippen molar-refractivity contribution in [1.82, 2.24) is 10.8 Å². The number of amides is 1. The van der Waals surface area contributed by atoms with Crippen molar-refractivity contribution in [2.45, 2.75) is 38.3 Å². The van der Waals surface area contributed by atoms with E-state index in [0.29, 0.717) is 6.04 Å². The summed E-state index contributed by atoms with van der Waals surface area (Å²) in [6.07, 6.45) is 3.31. The summed E-state index contributed by atoms with van der Waals surface area (Å²) in [7, 11) is 1.95. The van der Waals surface area contributed by atoms with Crippen LogP contribution < -0.4 is 10.8 Å². The minimum absolute atomic E-state index is 0.136. The molecule has 12 heavy (non-hydrogen) atoms. The lowest BCUT2D eigenvalue weighted by Crippen LogP contribution is -2.28. The second-order valence-electron chi connectivity index (χ2n) is 3.20. The van der Waals surface area contributed by atoms with Crippen molar-refractivity contribution >= 4 is 5.91 Å². The quantitative estimate of drug-likeness (QED) is 0.598. The maximum absolute atomic E-state index is 10.5. The average molecular weight is 172 g/mol. The van der Waals surface area contributed by atoms with Crippen molar-refractivity contribution in [1.29, 1.82) is 0 Å². The summed E-state index contributed by atoms with van der Waals surface area (Å²) >= 11 is 0. The van der Waals surface area contributed by atoms with E-state index in [9.17, 15) is 4.79 Å². The van der Waals surface area contributed by atoms with Crippen LogP contribution in [0.1, 0.15) is 26.2 Å². The van der Waals surface area contributed by atoms with E-state index in [1.54, 1.807) is 0 Å². The van der Waals surface area contributed by atoms with Crippen LogP contribution in [0.2, 0.25) is 0 Å². The third-order valence-corrected chi connectivity index (χ3v) is 2.16. The van der Waals surface area contributed by atoms with Crippen molar-refractivity contribution in [3.8, 4) is 0 Å². The van der Waals surface area contributed by atoms with Gasteiger partial charge < -0.3 is 5.32 Å². The molecule has 1 saturated carbocycles. The minimum atomic E-state index is -0.136. The van der Waals surface area contributed by atoms with E-state index < -0.39 is 0 Å². The Morgan fingerprint density at radius 2 is 2.25 bits per heavy atom. The highest BCUT2D eigenvalue weighted by Crippen LogP contribution is 2.20. The van der Waals surface area contributed by atoms with Crippen molar-refractivity contribution in [2.24, 2.45) is 0 Å². The molecule has 2 unspecified atom stereocenters. The van der Waals surface area contributed by atoms with Gasteiger partial charge in [0.1, 0.15) is 0 Å². The summed E-state index contributed by atoms with van der Waals surface area (Å²) in [5, 5.41) is 3.19. The molecule has 1 aliphatic carbocycles. The Kier molecular flexibility index (Phi) is 3.49. The minimum Gasteiger partial charge on any atom is -0.317 e. The number of carbonyl (C=O) groups is 1. The summed E-state index contributed by atoms with van der Waals surface area (Å²) in [5.41, 5.74) is 2.37. The van der Waals surface area contributed by atoms with Crippen molar-refractivity contribution in [2.75, 3.05) is 7.05 Å². The summed E-state index contributed by atoms with van der Waals surface area (Å²) in [6, 6.07) is 0.545. The highest BCUT2D eigenvalue weighted by molar-refractivity contribution is 5.71. The summed E-state index contributed by atoms with van der Waals surface area (Å²) in [6.45, 7) is 1.45. The first-order valence-electron chi connectivity index (χ1n) is 4.32. The molecule has 2 N–H and O–H groups in total. The molecule has 0 spiro atoms. The van der Waals surface area contributed by atoms with Gasteiger partial charge in [-0.05, 0) is 26.3 Å². The standard InChI is InChI=1S/C8H16N2O2/c1-6(11)10-12-8-4-3-7(5-8)9-2/h7-9H,3-5H2,1-2H3,(H,10,11). The fourth-order valence-electron chi connectivity index (χ4n) is 1.48. The Hall–Kier alpha value is -0.610. The Morgan fingerprint density at radius 3 is 2.75 bits per heavy atom. The smallest absolute Gasteiger partial charge is 0.240 e. The van der Waals surface area contributed by atoms with Crippen molar-refractivity contribution in [3.63, 3.8) is 0 Å². The van der Waals surface area contributed by atoms with Gasteiger partial charge in [0.15, 0.2) is 0 Å². The average Bonchev–Trinajstić information content (AvgIpc) is 2.48. The van der Waals surface area contributed by atoms with E-state index in [1.807, 2.05) is 7.05 Å². The molecule has 1 rings (SSSR count). The number of carbonyl (C=O) groups excluding carboxylic acids is 1. The van der Waals surface area contributed by atoms with Gasteiger partial charge in [-0.1, -0.05) is 0 Å². The third-order valence-electron chi connectivity index (χ3n) is 2.16. The van der Waals surface area contributed by atoms with Crippen LogP contribution in [0.15, 0.2) is 0 Å². The molecule has 1 fully saturated rings. The van der Waals surface area contributed by atoms with Crippen LogP contribution in [-0.4, -0.2) is 25.1 Å². The molecule has 1 aliphatic rings. The fourth-order valence-corrected chi connectivity index (χ4v) is 1.48. The monoisotopic (exact) mass is 172 g/mol.